The zero-order chi connectivity index (χ0) is 17.3. The SMILES string of the molecule is CCc1ccc(S(=O)(=O)NC2c3cc(N)ccc3CC[C@H]2O)cc1. The Hall–Kier alpha value is -1.89. The zero-order valence-electron chi connectivity index (χ0n) is 13.6. The van der Waals surface area contributed by atoms with Crippen LogP contribution < -0.4 is 10.5 Å². The van der Waals surface area contributed by atoms with Crippen molar-refractivity contribution in [2.75, 3.05) is 5.73 Å². The smallest absolute Gasteiger partial charge is 0.241 e. The summed E-state index contributed by atoms with van der Waals surface area (Å²) in [5.41, 5.74) is 9.24. The van der Waals surface area contributed by atoms with Crippen molar-refractivity contribution in [3.8, 4) is 0 Å². The van der Waals surface area contributed by atoms with Gasteiger partial charge in [-0.05, 0) is 60.2 Å². The van der Waals surface area contributed by atoms with E-state index >= 15 is 0 Å². The number of aliphatic hydroxyl groups is 1. The predicted molar refractivity (Wildman–Crippen MR) is 94.1 cm³/mol. The normalized spacial score (nSPS) is 20.6. The van der Waals surface area contributed by atoms with Crippen molar-refractivity contribution in [3.63, 3.8) is 0 Å². The highest BCUT2D eigenvalue weighted by molar-refractivity contribution is 7.89. The lowest BCUT2D eigenvalue weighted by Crippen LogP contribution is -2.39. The molecule has 0 amide bonds. The topological polar surface area (TPSA) is 92.4 Å². The number of fused-ring (bicyclic) bond motifs is 1. The molecule has 128 valence electrons. The minimum Gasteiger partial charge on any atom is -0.399 e. The second-order valence-electron chi connectivity index (χ2n) is 6.16. The van der Waals surface area contributed by atoms with Gasteiger partial charge >= 0.3 is 0 Å². The fourth-order valence-corrected chi connectivity index (χ4v) is 4.34. The molecule has 24 heavy (non-hydrogen) atoms. The van der Waals surface area contributed by atoms with E-state index in [0.717, 1.165) is 23.1 Å². The number of hydrogen-bond donors (Lipinski definition) is 3. The molecule has 2 aromatic rings. The van der Waals surface area contributed by atoms with Crippen LogP contribution in [0.15, 0.2) is 47.4 Å². The summed E-state index contributed by atoms with van der Waals surface area (Å²) in [5.74, 6) is 0. The van der Waals surface area contributed by atoms with E-state index < -0.39 is 22.2 Å². The van der Waals surface area contributed by atoms with Gasteiger partial charge in [-0.15, -0.1) is 0 Å². The number of aryl methyl sites for hydroxylation is 2. The molecule has 1 aliphatic carbocycles. The van der Waals surface area contributed by atoms with Gasteiger partial charge in [-0.3, -0.25) is 0 Å². The molecule has 0 fully saturated rings. The highest BCUT2D eigenvalue weighted by Gasteiger charge is 2.32. The summed E-state index contributed by atoms with van der Waals surface area (Å²) in [6.45, 7) is 2.02. The Balaban J connectivity index is 1.93. The second kappa shape index (κ2) is 6.55. The van der Waals surface area contributed by atoms with Crippen molar-refractivity contribution < 1.29 is 13.5 Å². The Morgan fingerprint density at radius 3 is 2.58 bits per heavy atom. The van der Waals surface area contributed by atoms with Crippen molar-refractivity contribution in [2.45, 2.75) is 43.2 Å². The molecule has 2 aromatic carbocycles. The first kappa shape index (κ1) is 17.0. The first-order valence-corrected chi connectivity index (χ1v) is 9.56. The van der Waals surface area contributed by atoms with Crippen LogP contribution in [0.25, 0.3) is 0 Å². The van der Waals surface area contributed by atoms with E-state index in [1.807, 2.05) is 13.0 Å². The lowest BCUT2D eigenvalue weighted by atomic mass is 9.86. The molecule has 0 spiro atoms. The van der Waals surface area contributed by atoms with Gasteiger partial charge in [0.05, 0.1) is 17.0 Å². The number of nitrogen functional groups attached to an aromatic ring is 1. The number of benzene rings is 2. The Bertz CT molecular complexity index is 832. The van der Waals surface area contributed by atoms with Crippen LogP contribution in [0.2, 0.25) is 0 Å². The van der Waals surface area contributed by atoms with Crippen molar-refractivity contribution in [1.29, 1.82) is 0 Å². The summed E-state index contributed by atoms with van der Waals surface area (Å²) in [7, 11) is -3.72. The molecule has 1 unspecified atom stereocenters. The van der Waals surface area contributed by atoms with Crippen LogP contribution in [0, 0.1) is 0 Å². The van der Waals surface area contributed by atoms with Crippen LogP contribution in [-0.2, 0) is 22.9 Å². The summed E-state index contributed by atoms with van der Waals surface area (Å²) in [6.07, 6.45) is 1.30. The average molecular weight is 346 g/mol. The minimum absolute atomic E-state index is 0.197. The molecule has 2 atom stereocenters. The molecule has 0 saturated heterocycles. The predicted octanol–water partition coefficient (Wildman–Crippen LogP) is 2.16. The number of aliphatic hydroxyl groups excluding tert-OH is 1. The number of nitrogens with two attached hydrogens (primary N) is 1. The monoisotopic (exact) mass is 346 g/mol. The number of nitrogens with one attached hydrogen (secondary N) is 1. The average Bonchev–Trinajstić information content (AvgIpc) is 2.57. The molecule has 0 aliphatic heterocycles. The molecule has 5 nitrogen and oxygen atoms in total. The maximum atomic E-state index is 12.7. The molecule has 0 radical (unpaired) electrons. The standard InChI is InChI=1S/C18H22N2O3S/c1-2-12-3-8-15(9-4-12)24(22,23)20-18-16-11-14(19)7-5-13(16)6-10-17(18)21/h3-5,7-9,11,17-18,20-21H,2,6,10,19H2,1H3/t17-,18?/m1/s1. The lowest BCUT2D eigenvalue weighted by molar-refractivity contribution is 0.121. The summed E-state index contributed by atoms with van der Waals surface area (Å²) in [6, 6.07) is 11.5. The summed E-state index contributed by atoms with van der Waals surface area (Å²) in [4.78, 5) is 0.197. The molecule has 6 heteroatoms. The summed E-state index contributed by atoms with van der Waals surface area (Å²) < 4.78 is 28.0. The molecule has 4 N–H and O–H groups in total. The maximum absolute atomic E-state index is 12.7. The Labute approximate surface area is 142 Å². The van der Waals surface area contributed by atoms with Gasteiger partial charge in [0.25, 0.3) is 0 Å². The van der Waals surface area contributed by atoms with E-state index in [9.17, 15) is 13.5 Å². The molecular weight excluding hydrogens is 324 g/mol. The van der Waals surface area contributed by atoms with Gasteiger partial charge in [-0.25, -0.2) is 13.1 Å². The van der Waals surface area contributed by atoms with Crippen LogP contribution in [-0.4, -0.2) is 19.6 Å². The largest absolute Gasteiger partial charge is 0.399 e. The van der Waals surface area contributed by atoms with E-state index in [2.05, 4.69) is 4.72 Å². The summed E-state index contributed by atoms with van der Waals surface area (Å²) in [5, 5.41) is 10.3. The number of hydrogen-bond acceptors (Lipinski definition) is 4. The van der Waals surface area contributed by atoms with Gasteiger partial charge < -0.3 is 10.8 Å². The van der Waals surface area contributed by atoms with E-state index in [4.69, 9.17) is 5.73 Å². The van der Waals surface area contributed by atoms with E-state index in [1.165, 1.54) is 0 Å². The minimum atomic E-state index is -3.72. The fraction of sp³-hybridized carbons (Fsp3) is 0.333. The number of anilines is 1. The van der Waals surface area contributed by atoms with Crippen LogP contribution in [0.5, 0.6) is 0 Å². The van der Waals surface area contributed by atoms with Crippen molar-refractivity contribution >= 4 is 15.7 Å². The van der Waals surface area contributed by atoms with Crippen LogP contribution in [0.4, 0.5) is 5.69 Å². The van der Waals surface area contributed by atoms with Crippen LogP contribution in [0.1, 0.15) is 36.1 Å². The van der Waals surface area contributed by atoms with Gasteiger partial charge in [0, 0.05) is 5.69 Å². The Morgan fingerprint density at radius 1 is 1.21 bits per heavy atom. The van der Waals surface area contributed by atoms with Gasteiger partial charge in [0.1, 0.15) is 0 Å². The highest BCUT2D eigenvalue weighted by Crippen LogP contribution is 2.32. The van der Waals surface area contributed by atoms with Crippen LogP contribution >= 0.6 is 0 Å². The van der Waals surface area contributed by atoms with Gasteiger partial charge in [-0.1, -0.05) is 25.1 Å². The third kappa shape index (κ3) is 3.31. The fourth-order valence-electron chi connectivity index (χ4n) is 3.09. The Morgan fingerprint density at radius 2 is 1.92 bits per heavy atom. The Kier molecular flexibility index (Phi) is 4.62. The first-order chi connectivity index (χ1) is 11.4. The molecule has 0 bridgehead atoms. The zero-order valence-corrected chi connectivity index (χ0v) is 14.4. The van der Waals surface area contributed by atoms with Crippen LogP contribution in [0.3, 0.4) is 0 Å². The molecule has 0 aromatic heterocycles. The second-order valence-corrected chi connectivity index (χ2v) is 7.87. The third-order valence-electron chi connectivity index (χ3n) is 4.52. The van der Waals surface area contributed by atoms with E-state index in [0.29, 0.717) is 18.5 Å². The quantitative estimate of drug-likeness (QED) is 0.740. The summed E-state index contributed by atoms with van der Waals surface area (Å²) >= 11 is 0. The maximum Gasteiger partial charge on any atom is 0.241 e. The molecule has 3 rings (SSSR count). The van der Waals surface area contributed by atoms with E-state index in [-0.39, 0.29) is 4.90 Å². The van der Waals surface area contributed by atoms with Gasteiger partial charge in [0.2, 0.25) is 10.0 Å². The van der Waals surface area contributed by atoms with E-state index in [1.54, 1.807) is 36.4 Å². The van der Waals surface area contributed by atoms with Crippen molar-refractivity contribution in [3.05, 3.63) is 59.2 Å². The number of sulfonamides is 1. The molecular formula is C18H22N2O3S. The molecule has 0 heterocycles. The van der Waals surface area contributed by atoms with Crippen molar-refractivity contribution in [1.82, 2.24) is 4.72 Å². The molecule has 1 aliphatic rings. The number of rotatable bonds is 4. The van der Waals surface area contributed by atoms with Crippen molar-refractivity contribution in [2.24, 2.45) is 0 Å². The first-order valence-electron chi connectivity index (χ1n) is 8.08. The third-order valence-corrected chi connectivity index (χ3v) is 5.98. The highest BCUT2D eigenvalue weighted by atomic mass is 32.2. The molecule has 0 saturated carbocycles. The van der Waals surface area contributed by atoms with Gasteiger partial charge in [0.15, 0.2) is 0 Å². The van der Waals surface area contributed by atoms with Gasteiger partial charge in [-0.2, -0.15) is 0 Å². The lowest BCUT2D eigenvalue weighted by Gasteiger charge is -2.31.